The fraction of sp³-hybridized carbons (Fsp3) is 1.00. The van der Waals surface area contributed by atoms with Gasteiger partial charge in [0.05, 0.1) is 6.61 Å². The average Bonchev–Trinajstić information content (AvgIpc) is 2.20. The molecule has 7 heteroatoms. The minimum atomic E-state index is -4.63. The standard InChI is InChI=1S/C9H17F3N2O2/c1-2-14(8(15)9(10,11)12)6-3-4-7(13)16-5-6/h6-8,15H,2-5,13H2,1H3/t6-,7?,8?/m1/s1. The molecule has 0 aromatic heterocycles. The summed E-state index contributed by atoms with van der Waals surface area (Å²) in [4.78, 5) is 0.992. The number of aliphatic hydroxyl groups is 1. The molecule has 3 atom stereocenters. The van der Waals surface area contributed by atoms with Gasteiger partial charge in [0.2, 0.25) is 6.23 Å². The fourth-order valence-electron chi connectivity index (χ4n) is 1.84. The third-order valence-electron chi connectivity index (χ3n) is 2.73. The van der Waals surface area contributed by atoms with Crippen molar-refractivity contribution in [1.29, 1.82) is 0 Å². The van der Waals surface area contributed by atoms with E-state index in [-0.39, 0.29) is 13.2 Å². The molecular formula is C9H17F3N2O2. The molecule has 0 bridgehead atoms. The Morgan fingerprint density at radius 3 is 2.50 bits per heavy atom. The van der Waals surface area contributed by atoms with Gasteiger partial charge in [-0.1, -0.05) is 6.92 Å². The van der Waals surface area contributed by atoms with Crippen LogP contribution < -0.4 is 5.73 Å². The molecule has 1 aliphatic heterocycles. The molecule has 1 rings (SSSR count). The van der Waals surface area contributed by atoms with E-state index in [0.29, 0.717) is 12.8 Å². The molecule has 0 aromatic rings. The third-order valence-corrected chi connectivity index (χ3v) is 2.73. The van der Waals surface area contributed by atoms with Crippen molar-refractivity contribution in [2.45, 2.75) is 44.4 Å². The van der Waals surface area contributed by atoms with E-state index in [9.17, 15) is 18.3 Å². The van der Waals surface area contributed by atoms with E-state index in [4.69, 9.17) is 10.5 Å². The molecule has 0 radical (unpaired) electrons. The first kappa shape index (κ1) is 13.7. The van der Waals surface area contributed by atoms with E-state index in [0.717, 1.165) is 4.90 Å². The summed E-state index contributed by atoms with van der Waals surface area (Å²) in [7, 11) is 0. The van der Waals surface area contributed by atoms with Crippen molar-refractivity contribution < 1.29 is 23.0 Å². The predicted molar refractivity (Wildman–Crippen MR) is 51.4 cm³/mol. The van der Waals surface area contributed by atoms with Gasteiger partial charge in [-0.2, -0.15) is 13.2 Å². The van der Waals surface area contributed by atoms with Crippen LogP contribution in [0.15, 0.2) is 0 Å². The van der Waals surface area contributed by atoms with Crippen molar-refractivity contribution in [1.82, 2.24) is 4.90 Å². The van der Waals surface area contributed by atoms with Crippen LogP contribution in [0.25, 0.3) is 0 Å². The van der Waals surface area contributed by atoms with Gasteiger partial charge in [-0.05, 0) is 19.4 Å². The minimum Gasteiger partial charge on any atom is -0.370 e. The number of hydrogen-bond acceptors (Lipinski definition) is 4. The summed E-state index contributed by atoms with van der Waals surface area (Å²) in [5, 5.41) is 9.18. The van der Waals surface area contributed by atoms with E-state index >= 15 is 0 Å². The number of rotatable bonds is 3. The molecule has 0 amide bonds. The van der Waals surface area contributed by atoms with E-state index < -0.39 is 24.7 Å². The molecule has 3 N–H and O–H groups in total. The number of aliphatic hydroxyl groups excluding tert-OH is 1. The molecule has 1 aliphatic rings. The molecular weight excluding hydrogens is 225 g/mol. The van der Waals surface area contributed by atoms with Crippen LogP contribution in [0.2, 0.25) is 0 Å². The normalized spacial score (nSPS) is 29.4. The number of halogens is 3. The van der Waals surface area contributed by atoms with Crippen molar-refractivity contribution in [2.24, 2.45) is 5.73 Å². The van der Waals surface area contributed by atoms with E-state index in [2.05, 4.69) is 0 Å². The maximum Gasteiger partial charge on any atom is 0.428 e. The summed E-state index contributed by atoms with van der Waals surface area (Å²) in [6, 6.07) is -0.429. The lowest BCUT2D eigenvalue weighted by atomic mass is 10.1. The maximum atomic E-state index is 12.4. The van der Waals surface area contributed by atoms with Gasteiger partial charge < -0.3 is 15.6 Å². The van der Waals surface area contributed by atoms with Crippen LogP contribution in [-0.2, 0) is 4.74 Å². The lowest BCUT2D eigenvalue weighted by Gasteiger charge is -2.38. The quantitative estimate of drug-likeness (QED) is 0.713. The Labute approximate surface area is 92.2 Å². The lowest BCUT2D eigenvalue weighted by Crippen LogP contribution is -2.54. The second kappa shape index (κ2) is 5.31. The number of nitrogens with two attached hydrogens (primary N) is 1. The first-order chi connectivity index (χ1) is 7.36. The molecule has 96 valence electrons. The van der Waals surface area contributed by atoms with Crippen molar-refractivity contribution in [3.8, 4) is 0 Å². The van der Waals surface area contributed by atoms with Crippen molar-refractivity contribution in [3.63, 3.8) is 0 Å². The van der Waals surface area contributed by atoms with Crippen LogP contribution in [0.3, 0.4) is 0 Å². The monoisotopic (exact) mass is 242 g/mol. The van der Waals surface area contributed by atoms with Gasteiger partial charge in [-0.3, -0.25) is 4.90 Å². The van der Waals surface area contributed by atoms with Crippen LogP contribution in [0, 0.1) is 0 Å². The third kappa shape index (κ3) is 3.31. The highest BCUT2D eigenvalue weighted by Gasteiger charge is 2.44. The second-order valence-corrected chi connectivity index (χ2v) is 3.85. The predicted octanol–water partition coefficient (Wildman–Crippen LogP) is 0.653. The molecule has 0 aromatic carbocycles. The van der Waals surface area contributed by atoms with E-state index in [1.165, 1.54) is 0 Å². The SMILES string of the molecule is CCN(C(O)C(F)(F)F)[C@@H]1CCC(N)OC1. The Hall–Kier alpha value is -0.370. The highest BCUT2D eigenvalue weighted by molar-refractivity contribution is 4.80. The Bertz CT molecular complexity index is 217. The average molecular weight is 242 g/mol. The van der Waals surface area contributed by atoms with Crippen LogP contribution in [-0.4, -0.2) is 47.8 Å². The van der Waals surface area contributed by atoms with Crippen LogP contribution in [0.1, 0.15) is 19.8 Å². The smallest absolute Gasteiger partial charge is 0.370 e. The number of nitrogens with zero attached hydrogens (tertiary/aromatic N) is 1. The second-order valence-electron chi connectivity index (χ2n) is 3.85. The fourth-order valence-corrected chi connectivity index (χ4v) is 1.84. The Morgan fingerprint density at radius 1 is 1.50 bits per heavy atom. The van der Waals surface area contributed by atoms with Gasteiger partial charge in [0.1, 0.15) is 6.23 Å². The highest BCUT2D eigenvalue weighted by Crippen LogP contribution is 2.26. The van der Waals surface area contributed by atoms with Gasteiger partial charge in [-0.15, -0.1) is 0 Å². The summed E-state index contributed by atoms with van der Waals surface area (Å²) < 4.78 is 42.2. The van der Waals surface area contributed by atoms with Crippen LogP contribution in [0.4, 0.5) is 13.2 Å². The molecule has 4 nitrogen and oxygen atoms in total. The van der Waals surface area contributed by atoms with Crippen LogP contribution >= 0.6 is 0 Å². The molecule has 0 saturated carbocycles. The topological polar surface area (TPSA) is 58.7 Å². The summed E-state index contributed by atoms with van der Waals surface area (Å²) in [5.74, 6) is 0. The molecule has 1 saturated heterocycles. The van der Waals surface area contributed by atoms with Gasteiger partial charge >= 0.3 is 6.18 Å². The summed E-state index contributed by atoms with van der Waals surface area (Å²) in [5.41, 5.74) is 5.47. The summed E-state index contributed by atoms with van der Waals surface area (Å²) in [6.45, 7) is 1.82. The molecule has 0 spiro atoms. The molecule has 0 aliphatic carbocycles. The molecule has 2 unspecified atom stereocenters. The Balaban J connectivity index is 2.60. The lowest BCUT2D eigenvalue weighted by molar-refractivity contribution is -0.261. The molecule has 1 fully saturated rings. The first-order valence-corrected chi connectivity index (χ1v) is 5.24. The zero-order valence-electron chi connectivity index (χ0n) is 9.07. The number of likely N-dealkylation sites (N-methyl/N-ethyl adjacent to an activating group) is 1. The van der Waals surface area contributed by atoms with Gasteiger partial charge in [-0.25, -0.2) is 0 Å². The molecule has 1 heterocycles. The largest absolute Gasteiger partial charge is 0.428 e. The summed E-state index contributed by atoms with van der Waals surface area (Å²) in [6.07, 6.45) is -6.46. The van der Waals surface area contributed by atoms with E-state index in [1.807, 2.05) is 0 Å². The van der Waals surface area contributed by atoms with Crippen molar-refractivity contribution in [3.05, 3.63) is 0 Å². The summed E-state index contributed by atoms with van der Waals surface area (Å²) >= 11 is 0. The first-order valence-electron chi connectivity index (χ1n) is 5.24. The zero-order valence-corrected chi connectivity index (χ0v) is 9.07. The number of hydrogen-bond donors (Lipinski definition) is 2. The van der Waals surface area contributed by atoms with Crippen molar-refractivity contribution >= 4 is 0 Å². The van der Waals surface area contributed by atoms with E-state index in [1.54, 1.807) is 6.92 Å². The van der Waals surface area contributed by atoms with Crippen molar-refractivity contribution in [2.75, 3.05) is 13.2 Å². The van der Waals surface area contributed by atoms with Crippen LogP contribution in [0.5, 0.6) is 0 Å². The maximum absolute atomic E-state index is 12.4. The van der Waals surface area contributed by atoms with Gasteiger partial charge in [0.25, 0.3) is 0 Å². The zero-order chi connectivity index (χ0) is 12.3. The Kier molecular flexibility index (Phi) is 4.54. The highest BCUT2D eigenvalue weighted by atomic mass is 19.4. The molecule has 16 heavy (non-hydrogen) atoms. The van der Waals surface area contributed by atoms with Gasteiger partial charge in [0.15, 0.2) is 0 Å². The Morgan fingerprint density at radius 2 is 2.12 bits per heavy atom. The minimum absolute atomic E-state index is 0.115. The van der Waals surface area contributed by atoms with Gasteiger partial charge in [0, 0.05) is 6.04 Å². The number of ether oxygens (including phenoxy) is 1. The number of alkyl halides is 3.